The van der Waals surface area contributed by atoms with Gasteiger partial charge in [0.05, 0.1) is 4.47 Å². The third-order valence-electron chi connectivity index (χ3n) is 4.92. The summed E-state index contributed by atoms with van der Waals surface area (Å²) in [5, 5.41) is 15.0. The second-order valence-electron chi connectivity index (χ2n) is 7.29. The highest BCUT2D eigenvalue weighted by molar-refractivity contribution is 9.10. The summed E-state index contributed by atoms with van der Waals surface area (Å²) in [6.07, 6.45) is 1.53. The molecule has 0 aliphatic rings. The molecule has 33 heavy (non-hydrogen) atoms. The third kappa shape index (κ3) is 5.81. The van der Waals surface area contributed by atoms with Crippen LogP contribution >= 0.6 is 27.5 Å². The Hall–Kier alpha value is -3.59. The van der Waals surface area contributed by atoms with Crippen LogP contribution in [-0.2, 0) is 11.4 Å². The Kier molecular flexibility index (Phi) is 7.09. The summed E-state index contributed by atoms with van der Waals surface area (Å²) in [5.41, 5.74) is 2.26. The van der Waals surface area contributed by atoms with Crippen molar-refractivity contribution in [2.24, 2.45) is 0 Å². The van der Waals surface area contributed by atoms with Crippen LogP contribution in [0.15, 0.2) is 95.0 Å². The number of carbonyl (C=O) groups excluding carboxylic acids is 1. The van der Waals surface area contributed by atoms with Crippen LogP contribution in [0.3, 0.4) is 0 Å². The van der Waals surface area contributed by atoms with Gasteiger partial charge in [-0.2, -0.15) is 5.26 Å². The molecule has 4 aromatic rings. The fraction of sp³-hybridized carbons (Fsp3) is 0.0370. The Morgan fingerprint density at radius 2 is 1.82 bits per heavy atom. The molecule has 0 saturated carbocycles. The van der Waals surface area contributed by atoms with E-state index < -0.39 is 5.91 Å². The highest BCUT2D eigenvalue weighted by atomic mass is 79.9. The highest BCUT2D eigenvalue weighted by Crippen LogP contribution is 2.28. The van der Waals surface area contributed by atoms with Crippen molar-refractivity contribution < 1.29 is 9.53 Å². The number of anilines is 1. The van der Waals surface area contributed by atoms with Crippen molar-refractivity contribution in [1.82, 2.24) is 0 Å². The Balaban J connectivity index is 1.45. The normalized spacial score (nSPS) is 11.1. The molecule has 0 heterocycles. The molecule has 0 fully saturated rings. The fourth-order valence-corrected chi connectivity index (χ4v) is 3.99. The Morgan fingerprint density at radius 1 is 1.00 bits per heavy atom. The van der Waals surface area contributed by atoms with Gasteiger partial charge in [-0.15, -0.1) is 0 Å². The molecule has 0 unspecified atom stereocenters. The Bertz CT molecular complexity index is 1410. The van der Waals surface area contributed by atoms with Crippen molar-refractivity contribution in [3.05, 3.63) is 111 Å². The summed E-state index contributed by atoms with van der Waals surface area (Å²) in [6, 6.07) is 28.5. The van der Waals surface area contributed by atoms with Gasteiger partial charge in [0.25, 0.3) is 5.91 Å². The number of amides is 1. The summed E-state index contributed by atoms with van der Waals surface area (Å²) in [4.78, 5) is 12.5. The zero-order valence-corrected chi connectivity index (χ0v) is 19.7. The van der Waals surface area contributed by atoms with E-state index in [1.807, 2.05) is 24.3 Å². The number of nitriles is 1. The second kappa shape index (κ2) is 10.4. The van der Waals surface area contributed by atoms with Gasteiger partial charge in [0.1, 0.15) is 24.0 Å². The van der Waals surface area contributed by atoms with Crippen LogP contribution in [-0.4, -0.2) is 5.91 Å². The van der Waals surface area contributed by atoms with Gasteiger partial charge in [-0.3, -0.25) is 4.79 Å². The molecule has 0 aliphatic heterocycles. The largest absolute Gasteiger partial charge is 0.488 e. The smallest absolute Gasteiger partial charge is 0.266 e. The Morgan fingerprint density at radius 3 is 2.58 bits per heavy atom. The molecule has 1 N–H and O–H groups in total. The van der Waals surface area contributed by atoms with Gasteiger partial charge in [-0.25, -0.2) is 0 Å². The predicted octanol–water partition coefficient (Wildman–Crippen LogP) is 7.38. The first-order valence-corrected chi connectivity index (χ1v) is 11.3. The molecule has 0 aliphatic carbocycles. The molecular weight excluding hydrogens is 500 g/mol. The van der Waals surface area contributed by atoms with Crippen LogP contribution in [0.25, 0.3) is 16.8 Å². The van der Waals surface area contributed by atoms with Gasteiger partial charge in [0, 0.05) is 10.7 Å². The average molecular weight is 518 g/mol. The lowest BCUT2D eigenvalue weighted by Gasteiger charge is -2.10. The zero-order chi connectivity index (χ0) is 23.2. The minimum atomic E-state index is -0.507. The number of hydrogen-bond donors (Lipinski definition) is 1. The van der Waals surface area contributed by atoms with E-state index in [2.05, 4.69) is 45.5 Å². The number of nitrogens with zero attached hydrogens (tertiary/aromatic N) is 1. The van der Waals surface area contributed by atoms with Crippen LogP contribution in [0.1, 0.15) is 11.1 Å². The number of nitrogens with one attached hydrogen (secondary N) is 1. The van der Waals surface area contributed by atoms with Gasteiger partial charge >= 0.3 is 0 Å². The average Bonchev–Trinajstić information content (AvgIpc) is 2.81. The predicted molar refractivity (Wildman–Crippen MR) is 136 cm³/mol. The maximum atomic E-state index is 12.5. The van der Waals surface area contributed by atoms with Crippen LogP contribution in [0.4, 0.5) is 5.69 Å². The molecule has 0 saturated heterocycles. The summed E-state index contributed by atoms with van der Waals surface area (Å²) in [6.45, 7) is 0.421. The van der Waals surface area contributed by atoms with Crippen LogP contribution in [0.2, 0.25) is 5.02 Å². The summed E-state index contributed by atoms with van der Waals surface area (Å²) in [7, 11) is 0. The topological polar surface area (TPSA) is 62.1 Å². The minimum Gasteiger partial charge on any atom is -0.488 e. The first kappa shape index (κ1) is 22.6. The van der Waals surface area contributed by atoms with Crippen molar-refractivity contribution in [3.8, 4) is 11.8 Å². The van der Waals surface area contributed by atoms with Gasteiger partial charge < -0.3 is 10.1 Å². The van der Waals surface area contributed by atoms with E-state index in [1.165, 1.54) is 16.8 Å². The van der Waals surface area contributed by atoms with Crippen LogP contribution in [0.5, 0.6) is 5.75 Å². The second-order valence-corrected chi connectivity index (χ2v) is 8.59. The number of hydrogen-bond acceptors (Lipinski definition) is 3. The minimum absolute atomic E-state index is 0.0216. The van der Waals surface area contributed by atoms with E-state index in [-0.39, 0.29) is 5.57 Å². The van der Waals surface area contributed by atoms with Crippen molar-refractivity contribution in [2.75, 3.05) is 5.32 Å². The maximum Gasteiger partial charge on any atom is 0.266 e. The van der Waals surface area contributed by atoms with E-state index in [4.69, 9.17) is 16.3 Å². The summed E-state index contributed by atoms with van der Waals surface area (Å²) in [5.74, 6) is 0.162. The summed E-state index contributed by atoms with van der Waals surface area (Å²) < 4.78 is 6.70. The van der Waals surface area contributed by atoms with Crippen LogP contribution in [0, 0.1) is 11.3 Å². The van der Waals surface area contributed by atoms with E-state index in [0.29, 0.717) is 28.6 Å². The van der Waals surface area contributed by atoms with E-state index in [1.54, 1.807) is 42.5 Å². The SMILES string of the molecule is N#C/C(=C\c1ccc(OCc2ccc3ccccc3c2)c(Br)c1)C(=O)Nc1cccc(Cl)c1. The molecule has 1 amide bonds. The van der Waals surface area contributed by atoms with E-state index in [0.717, 1.165) is 10.0 Å². The first-order valence-electron chi connectivity index (χ1n) is 10.1. The number of benzene rings is 4. The number of ether oxygens (including phenoxy) is 1. The number of rotatable bonds is 6. The summed E-state index contributed by atoms with van der Waals surface area (Å²) >= 11 is 9.46. The molecule has 4 aromatic carbocycles. The number of halogens is 2. The molecule has 4 rings (SSSR count). The molecule has 0 spiro atoms. The molecule has 4 nitrogen and oxygen atoms in total. The van der Waals surface area contributed by atoms with Gasteiger partial charge in [0.2, 0.25) is 0 Å². The highest BCUT2D eigenvalue weighted by Gasteiger charge is 2.11. The maximum absolute atomic E-state index is 12.5. The van der Waals surface area contributed by atoms with Crippen molar-refractivity contribution in [3.63, 3.8) is 0 Å². The first-order chi connectivity index (χ1) is 16.0. The number of fused-ring (bicyclic) bond motifs is 1. The monoisotopic (exact) mass is 516 g/mol. The van der Waals surface area contributed by atoms with Gasteiger partial charge in [-0.1, -0.05) is 60.1 Å². The molecule has 0 radical (unpaired) electrons. The van der Waals surface area contributed by atoms with Gasteiger partial charge in [0.15, 0.2) is 0 Å². The molecule has 0 aromatic heterocycles. The molecular formula is C27H18BrClN2O2. The lowest BCUT2D eigenvalue weighted by atomic mass is 10.1. The Labute approximate surface area is 205 Å². The molecule has 0 bridgehead atoms. The van der Waals surface area contributed by atoms with Crippen molar-refractivity contribution >= 4 is 56.0 Å². The van der Waals surface area contributed by atoms with Crippen molar-refractivity contribution in [2.45, 2.75) is 6.61 Å². The third-order valence-corrected chi connectivity index (χ3v) is 5.78. The van der Waals surface area contributed by atoms with Gasteiger partial charge in [-0.05, 0) is 80.3 Å². The lowest BCUT2D eigenvalue weighted by molar-refractivity contribution is -0.112. The lowest BCUT2D eigenvalue weighted by Crippen LogP contribution is -2.13. The van der Waals surface area contributed by atoms with Crippen molar-refractivity contribution in [1.29, 1.82) is 5.26 Å². The van der Waals surface area contributed by atoms with Crippen LogP contribution < -0.4 is 10.1 Å². The standard InChI is InChI=1S/C27H18BrClN2O2/c28-25-14-18(12-22(16-30)27(32)31-24-7-3-6-23(29)15-24)9-11-26(25)33-17-19-8-10-20-4-1-2-5-21(20)13-19/h1-15H,17H2,(H,31,32)/b22-12+. The number of carbonyl (C=O) groups is 1. The quantitative estimate of drug-likeness (QED) is 0.214. The molecule has 0 atom stereocenters. The van der Waals surface area contributed by atoms with E-state index >= 15 is 0 Å². The molecule has 162 valence electrons. The van der Waals surface area contributed by atoms with E-state index in [9.17, 15) is 10.1 Å². The molecule has 6 heteroatoms. The zero-order valence-electron chi connectivity index (χ0n) is 17.4. The fourth-order valence-electron chi connectivity index (χ4n) is 3.29.